The van der Waals surface area contributed by atoms with Crippen molar-refractivity contribution in [3.05, 3.63) is 52.6 Å². The maximum absolute atomic E-state index is 13.0. The predicted octanol–water partition coefficient (Wildman–Crippen LogP) is 4.38. The van der Waals surface area contributed by atoms with Crippen molar-refractivity contribution in [1.29, 1.82) is 0 Å². The van der Waals surface area contributed by atoms with E-state index in [0.717, 1.165) is 37.5 Å². The molecule has 0 amide bonds. The van der Waals surface area contributed by atoms with Crippen molar-refractivity contribution in [3.8, 4) is 5.75 Å². The fourth-order valence-corrected chi connectivity index (χ4v) is 4.39. The van der Waals surface area contributed by atoms with Crippen LogP contribution < -0.4 is 14.9 Å². The second-order valence-electron chi connectivity index (χ2n) is 7.24. The molecular weight excluding hydrogens is 408 g/mol. The highest BCUT2D eigenvalue weighted by molar-refractivity contribution is 7.92. The first-order valence-corrected chi connectivity index (χ1v) is 11.0. The fraction of sp³-hybridized carbons (Fsp3) is 0.350. The average Bonchev–Trinajstić information content (AvgIpc) is 2.73. The van der Waals surface area contributed by atoms with Crippen LogP contribution >= 0.6 is 0 Å². The summed E-state index contributed by atoms with van der Waals surface area (Å²) in [4.78, 5) is 10.3. The molecule has 0 saturated heterocycles. The third kappa shape index (κ3) is 5.26. The topological polar surface area (TPSA) is 123 Å². The summed E-state index contributed by atoms with van der Waals surface area (Å²) in [5.74, 6) is 1.22. The van der Waals surface area contributed by atoms with Crippen LogP contribution in [-0.2, 0) is 10.0 Å². The van der Waals surface area contributed by atoms with Gasteiger partial charge in [-0.05, 0) is 61.9 Å². The van der Waals surface area contributed by atoms with Crippen molar-refractivity contribution in [1.82, 2.24) is 0 Å². The lowest BCUT2D eigenvalue weighted by atomic mass is 9.90. The SMILES string of the molecule is COc1ccc(NS(=O)(=O)c2cc([N+](=O)[O-])ccc2NN=C2CCC(C)CC2)cc1. The van der Waals surface area contributed by atoms with Gasteiger partial charge < -0.3 is 4.74 Å². The van der Waals surface area contributed by atoms with E-state index in [-0.39, 0.29) is 16.3 Å². The molecule has 0 bridgehead atoms. The van der Waals surface area contributed by atoms with Gasteiger partial charge in [-0.3, -0.25) is 20.3 Å². The number of nitrogens with one attached hydrogen (secondary N) is 2. The van der Waals surface area contributed by atoms with Gasteiger partial charge in [0.2, 0.25) is 0 Å². The number of ether oxygens (including phenoxy) is 1. The summed E-state index contributed by atoms with van der Waals surface area (Å²) in [6.45, 7) is 2.19. The van der Waals surface area contributed by atoms with E-state index in [4.69, 9.17) is 4.74 Å². The van der Waals surface area contributed by atoms with Crippen LogP contribution in [0, 0.1) is 16.0 Å². The van der Waals surface area contributed by atoms with Crippen molar-refractivity contribution >= 4 is 32.8 Å². The Balaban J connectivity index is 1.90. The van der Waals surface area contributed by atoms with Crippen LogP contribution in [0.15, 0.2) is 52.5 Å². The summed E-state index contributed by atoms with van der Waals surface area (Å²) >= 11 is 0. The van der Waals surface area contributed by atoms with Gasteiger partial charge in [-0.2, -0.15) is 5.10 Å². The molecule has 2 N–H and O–H groups in total. The van der Waals surface area contributed by atoms with Crippen LogP contribution in [0.4, 0.5) is 17.1 Å². The minimum absolute atomic E-state index is 0.174. The number of hydrazone groups is 1. The molecule has 10 heteroatoms. The van der Waals surface area contributed by atoms with Crippen LogP contribution in [0.1, 0.15) is 32.6 Å². The van der Waals surface area contributed by atoms with Gasteiger partial charge in [-0.15, -0.1) is 0 Å². The molecule has 1 aliphatic carbocycles. The van der Waals surface area contributed by atoms with E-state index in [1.54, 1.807) is 24.3 Å². The van der Waals surface area contributed by atoms with Gasteiger partial charge in [0.25, 0.3) is 15.7 Å². The molecule has 9 nitrogen and oxygen atoms in total. The Kier molecular flexibility index (Phi) is 6.56. The largest absolute Gasteiger partial charge is 0.497 e. The van der Waals surface area contributed by atoms with E-state index in [1.165, 1.54) is 19.2 Å². The molecule has 0 heterocycles. The van der Waals surface area contributed by atoms with E-state index in [2.05, 4.69) is 22.2 Å². The summed E-state index contributed by atoms with van der Waals surface area (Å²) in [6.07, 6.45) is 3.75. The Morgan fingerprint density at radius 1 is 1.13 bits per heavy atom. The number of non-ortho nitro benzene ring substituents is 1. The number of hydrogen-bond acceptors (Lipinski definition) is 7. The minimum atomic E-state index is -4.11. The Bertz CT molecular complexity index is 1040. The molecule has 3 rings (SSSR count). The molecule has 0 aliphatic heterocycles. The number of rotatable bonds is 7. The number of nitro benzene ring substituents is 1. The highest BCUT2D eigenvalue weighted by Crippen LogP contribution is 2.29. The maximum atomic E-state index is 13.0. The van der Waals surface area contributed by atoms with Crippen LogP contribution in [0.25, 0.3) is 0 Å². The minimum Gasteiger partial charge on any atom is -0.497 e. The Hall–Kier alpha value is -3.14. The zero-order valence-corrected chi connectivity index (χ0v) is 17.6. The Morgan fingerprint density at radius 3 is 2.40 bits per heavy atom. The Morgan fingerprint density at radius 2 is 1.80 bits per heavy atom. The summed E-state index contributed by atoms with van der Waals surface area (Å²) in [5, 5.41) is 15.5. The van der Waals surface area contributed by atoms with E-state index >= 15 is 0 Å². The number of hydrogen-bond donors (Lipinski definition) is 2. The number of sulfonamides is 1. The zero-order chi connectivity index (χ0) is 21.7. The smallest absolute Gasteiger partial charge is 0.270 e. The number of nitrogens with zero attached hydrogens (tertiary/aromatic N) is 2. The van der Waals surface area contributed by atoms with Crippen molar-refractivity contribution in [2.75, 3.05) is 17.3 Å². The average molecular weight is 433 g/mol. The lowest BCUT2D eigenvalue weighted by Gasteiger charge is -2.19. The van der Waals surface area contributed by atoms with Gasteiger partial charge in [0, 0.05) is 23.5 Å². The quantitative estimate of drug-likeness (QED) is 0.494. The van der Waals surface area contributed by atoms with Gasteiger partial charge in [0.15, 0.2) is 0 Å². The summed E-state index contributed by atoms with van der Waals surface area (Å²) in [6, 6.07) is 9.95. The first-order valence-electron chi connectivity index (χ1n) is 9.55. The number of nitro groups is 1. The zero-order valence-electron chi connectivity index (χ0n) is 16.8. The van der Waals surface area contributed by atoms with Gasteiger partial charge in [-0.1, -0.05) is 6.92 Å². The van der Waals surface area contributed by atoms with Gasteiger partial charge in [-0.25, -0.2) is 8.42 Å². The van der Waals surface area contributed by atoms with Gasteiger partial charge in [0.05, 0.1) is 17.7 Å². The number of anilines is 2. The monoisotopic (exact) mass is 432 g/mol. The molecule has 1 aliphatic rings. The lowest BCUT2D eigenvalue weighted by molar-refractivity contribution is -0.385. The van der Waals surface area contributed by atoms with Crippen molar-refractivity contribution in [3.63, 3.8) is 0 Å². The van der Waals surface area contributed by atoms with Crippen molar-refractivity contribution in [2.45, 2.75) is 37.5 Å². The molecule has 1 saturated carbocycles. The molecule has 2 aromatic carbocycles. The van der Waals surface area contributed by atoms with Crippen LogP contribution in [-0.4, -0.2) is 26.2 Å². The lowest BCUT2D eigenvalue weighted by Crippen LogP contribution is -2.16. The van der Waals surface area contributed by atoms with E-state index in [9.17, 15) is 18.5 Å². The third-order valence-corrected chi connectivity index (χ3v) is 6.41. The highest BCUT2D eigenvalue weighted by atomic mass is 32.2. The molecule has 0 unspecified atom stereocenters. The van der Waals surface area contributed by atoms with Gasteiger partial charge >= 0.3 is 0 Å². The molecule has 0 radical (unpaired) electrons. The summed E-state index contributed by atoms with van der Waals surface area (Å²) in [7, 11) is -2.60. The van der Waals surface area contributed by atoms with E-state index < -0.39 is 14.9 Å². The van der Waals surface area contributed by atoms with Gasteiger partial charge in [0.1, 0.15) is 10.6 Å². The van der Waals surface area contributed by atoms with Crippen LogP contribution in [0.5, 0.6) is 5.75 Å². The number of methoxy groups -OCH3 is 1. The Labute approximate surface area is 175 Å². The molecule has 2 aromatic rings. The molecule has 0 atom stereocenters. The third-order valence-electron chi connectivity index (χ3n) is 4.99. The normalized spacial score (nSPS) is 16.6. The molecule has 30 heavy (non-hydrogen) atoms. The predicted molar refractivity (Wildman–Crippen MR) is 116 cm³/mol. The standard InChI is InChI=1S/C20H24N4O5S/c1-14-3-5-15(6-4-14)21-22-19-12-9-17(24(25)26)13-20(19)30(27,28)23-16-7-10-18(29-2)11-8-16/h7-14,22-23H,3-6H2,1-2H3. The van der Waals surface area contributed by atoms with Crippen LogP contribution in [0.3, 0.4) is 0 Å². The second kappa shape index (κ2) is 9.12. The summed E-state index contributed by atoms with van der Waals surface area (Å²) < 4.78 is 33.5. The van der Waals surface area contributed by atoms with Crippen molar-refractivity contribution < 1.29 is 18.1 Å². The highest BCUT2D eigenvalue weighted by Gasteiger charge is 2.23. The molecule has 160 valence electrons. The first-order chi connectivity index (χ1) is 14.3. The maximum Gasteiger partial charge on any atom is 0.270 e. The fourth-order valence-electron chi connectivity index (χ4n) is 3.15. The number of benzene rings is 2. The van der Waals surface area contributed by atoms with E-state index in [1.807, 2.05) is 0 Å². The van der Waals surface area contributed by atoms with E-state index in [0.29, 0.717) is 17.4 Å². The molecule has 0 spiro atoms. The molecular formula is C20H24N4O5S. The summed E-state index contributed by atoms with van der Waals surface area (Å²) in [5.41, 5.74) is 3.91. The molecule has 0 aromatic heterocycles. The molecule has 1 fully saturated rings. The first kappa shape index (κ1) is 21.6. The second-order valence-corrected chi connectivity index (χ2v) is 8.89. The van der Waals surface area contributed by atoms with Crippen molar-refractivity contribution in [2.24, 2.45) is 11.0 Å². The van der Waals surface area contributed by atoms with Crippen LogP contribution in [0.2, 0.25) is 0 Å².